The second kappa shape index (κ2) is 10.4. The zero-order valence-corrected chi connectivity index (χ0v) is 19.7. The number of thioether (sulfide) groups is 1. The topological polar surface area (TPSA) is 92.3 Å². The maximum absolute atomic E-state index is 12.3. The van der Waals surface area contributed by atoms with Crippen LogP contribution >= 0.6 is 23.1 Å². The Labute approximate surface area is 199 Å². The molecule has 1 aromatic heterocycles. The number of urea groups is 1. The zero-order chi connectivity index (χ0) is 23.2. The zero-order valence-electron chi connectivity index (χ0n) is 18.0. The van der Waals surface area contributed by atoms with Gasteiger partial charge in [-0.3, -0.25) is 4.79 Å². The molecule has 0 saturated heterocycles. The molecule has 0 radical (unpaired) electrons. The first kappa shape index (κ1) is 22.6. The summed E-state index contributed by atoms with van der Waals surface area (Å²) in [6.45, 7) is 1.98. The predicted molar refractivity (Wildman–Crippen MR) is 136 cm³/mol. The predicted octanol–water partition coefficient (Wildman–Crippen LogP) is 5.99. The van der Waals surface area contributed by atoms with E-state index in [1.165, 1.54) is 23.1 Å². The van der Waals surface area contributed by atoms with E-state index in [-0.39, 0.29) is 17.7 Å². The minimum absolute atomic E-state index is 0.0820. The molecule has 33 heavy (non-hydrogen) atoms. The molecule has 0 unspecified atom stereocenters. The summed E-state index contributed by atoms with van der Waals surface area (Å²) >= 11 is 2.87. The van der Waals surface area contributed by atoms with Crippen LogP contribution in [0.4, 0.5) is 21.9 Å². The van der Waals surface area contributed by atoms with Gasteiger partial charge in [0, 0.05) is 23.1 Å². The van der Waals surface area contributed by atoms with Crippen LogP contribution in [0.2, 0.25) is 0 Å². The van der Waals surface area contributed by atoms with Crippen molar-refractivity contribution in [3.8, 4) is 5.75 Å². The Morgan fingerprint density at radius 3 is 2.42 bits per heavy atom. The Morgan fingerprint density at radius 2 is 1.67 bits per heavy atom. The average Bonchev–Trinajstić information content (AvgIpc) is 3.20. The Kier molecular flexibility index (Phi) is 7.11. The van der Waals surface area contributed by atoms with Gasteiger partial charge < -0.3 is 20.7 Å². The summed E-state index contributed by atoms with van der Waals surface area (Å²) in [6, 6.07) is 20.0. The Bertz CT molecular complexity index is 1310. The maximum atomic E-state index is 12.3. The molecule has 0 atom stereocenters. The third-order valence-electron chi connectivity index (χ3n) is 4.58. The number of anilines is 3. The van der Waals surface area contributed by atoms with Crippen LogP contribution in [0, 0.1) is 6.92 Å². The molecule has 0 saturated carbocycles. The van der Waals surface area contributed by atoms with E-state index in [2.05, 4.69) is 20.9 Å². The number of fused-ring (bicyclic) bond motifs is 1. The molecule has 3 N–H and O–H groups in total. The van der Waals surface area contributed by atoms with Crippen LogP contribution in [0.1, 0.15) is 5.56 Å². The largest absolute Gasteiger partial charge is 0.497 e. The van der Waals surface area contributed by atoms with Gasteiger partial charge in [-0.2, -0.15) is 0 Å². The number of thiazole rings is 1. The Balaban J connectivity index is 1.34. The minimum Gasteiger partial charge on any atom is -0.497 e. The SMILES string of the molecule is COc1cccc(NC(=O)Nc2ccc3nc(SCC(=O)Nc4cccc(C)c4)sc3c2)c1. The molecule has 4 rings (SSSR count). The van der Waals surface area contributed by atoms with Gasteiger partial charge in [-0.15, -0.1) is 11.3 Å². The number of nitrogens with zero attached hydrogens (tertiary/aromatic N) is 1. The fourth-order valence-electron chi connectivity index (χ4n) is 3.08. The molecular formula is C24H22N4O3S2. The first-order valence-electron chi connectivity index (χ1n) is 10.1. The summed E-state index contributed by atoms with van der Waals surface area (Å²) in [4.78, 5) is 29.2. The summed E-state index contributed by atoms with van der Waals surface area (Å²) in [5.41, 5.74) is 3.98. The van der Waals surface area contributed by atoms with E-state index in [0.29, 0.717) is 17.1 Å². The molecule has 0 spiro atoms. The number of aromatic nitrogens is 1. The van der Waals surface area contributed by atoms with Crippen LogP contribution < -0.4 is 20.7 Å². The highest BCUT2D eigenvalue weighted by molar-refractivity contribution is 8.01. The van der Waals surface area contributed by atoms with Crippen molar-refractivity contribution in [3.05, 3.63) is 72.3 Å². The van der Waals surface area contributed by atoms with E-state index in [4.69, 9.17) is 4.74 Å². The molecule has 0 aliphatic rings. The number of hydrogen-bond acceptors (Lipinski definition) is 6. The van der Waals surface area contributed by atoms with Gasteiger partial charge in [0.1, 0.15) is 5.75 Å². The van der Waals surface area contributed by atoms with E-state index in [1.54, 1.807) is 31.4 Å². The van der Waals surface area contributed by atoms with Gasteiger partial charge in [-0.1, -0.05) is 30.0 Å². The second-order valence-corrected chi connectivity index (χ2v) is 9.43. The number of methoxy groups -OCH3 is 1. The molecule has 1 heterocycles. The lowest BCUT2D eigenvalue weighted by Gasteiger charge is -2.08. The van der Waals surface area contributed by atoms with Gasteiger partial charge in [0.05, 0.1) is 23.1 Å². The van der Waals surface area contributed by atoms with Gasteiger partial charge in [0.15, 0.2) is 4.34 Å². The second-order valence-electron chi connectivity index (χ2n) is 7.18. The average molecular weight is 479 g/mol. The number of ether oxygens (including phenoxy) is 1. The van der Waals surface area contributed by atoms with E-state index >= 15 is 0 Å². The molecule has 3 aromatic carbocycles. The third-order valence-corrected chi connectivity index (χ3v) is 6.74. The fraction of sp³-hybridized carbons (Fsp3) is 0.125. The number of benzene rings is 3. The van der Waals surface area contributed by atoms with E-state index in [0.717, 1.165) is 25.8 Å². The molecule has 9 heteroatoms. The normalized spacial score (nSPS) is 10.6. The van der Waals surface area contributed by atoms with Crippen molar-refractivity contribution in [2.45, 2.75) is 11.3 Å². The Hall–Kier alpha value is -3.56. The van der Waals surface area contributed by atoms with E-state index < -0.39 is 0 Å². The smallest absolute Gasteiger partial charge is 0.323 e. The van der Waals surface area contributed by atoms with E-state index in [1.807, 2.05) is 49.4 Å². The van der Waals surface area contributed by atoms with Gasteiger partial charge in [-0.25, -0.2) is 9.78 Å². The highest BCUT2D eigenvalue weighted by Crippen LogP contribution is 2.31. The van der Waals surface area contributed by atoms with Crippen LogP contribution in [-0.4, -0.2) is 29.8 Å². The summed E-state index contributed by atoms with van der Waals surface area (Å²) in [6.07, 6.45) is 0. The third kappa shape index (κ3) is 6.24. The Morgan fingerprint density at radius 1 is 0.939 bits per heavy atom. The van der Waals surface area contributed by atoms with E-state index in [9.17, 15) is 9.59 Å². The summed E-state index contributed by atoms with van der Waals surface area (Å²) in [7, 11) is 1.58. The summed E-state index contributed by atoms with van der Waals surface area (Å²) < 4.78 is 6.89. The summed E-state index contributed by atoms with van der Waals surface area (Å²) in [5.74, 6) is 0.847. The van der Waals surface area contributed by atoms with Crippen molar-refractivity contribution in [2.24, 2.45) is 0 Å². The molecule has 168 valence electrons. The standard InChI is InChI=1S/C24H22N4O3S2/c1-15-5-3-6-16(11-15)25-22(29)14-32-24-28-20-10-9-18(13-21(20)33-24)27-23(30)26-17-7-4-8-19(12-17)31-2/h3-13H,14H2,1-2H3,(H,25,29)(H2,26,27,30). The number of rotatable bonds is 7. The number of hydrogen-bond donors (Lipinski definition) is 3. The molecule has 7 nitrogen and oxygen atoms in total. The highest BCUT2D eigenvalue weighted by atomic mass is 32.2. The van der Waals surface area contributed by atoms with Crippen LogP contribution in [0.3, 0.4) is 0 Å². The van der Waals surface area contributed by atoms with Crippen LogP contribution in [0.5, 0.6) is 5.75 Å². The first-order chi connectivity index (χ1) is 16.0. The number of amides is 3. The quantitative estimate of drug-likeness (QED) is 0.284. The molecule has 4 aromatic rings. The van der Waals surface area contributed by atoms with Crippen LogP contribution in [0.15, 0.2) is 71.1 Å². The lowest BCUT2D eigenvalue weighted by Crippen LogP contribution is -2.19. The van der Waals surface area contributed by atoms with Crippen molar-refractivity contribution in [2.75, 3.05) is 28.8 Å². The minimum atomic E-state index is -0.352. The summed E-state index contributed by atoms with van der Waals surface area (Å²) in [5, 5.41) is 8.51. The molecule has 0 aliphatic heterocycles. The van der Waals surface area contributed by atoms with Crippen molar-refractivity contribution >= 4 is 62.3 Å². The maximum Gasteiger partial charge on any atom is 0.323 e. The van der Waals surface area contributed by atoms with Gasteiger partial charge in [0.2, 0.25) is 5.91 Å². The molecule has 0 bridgehead atoms. The number of carbonyl (C=O) groups excluding carboxylic acids is 2. The monoisotopic (exact) mass is 478 g/mol. The lowest BCUT2D eigenvalue weighted by atomic mass is 10.2. The van der Waals surface area contributed by atoms with Gasteiger partial charge in [0.25, 0.3) is 0 Å². The van der Waals surface area contributed by atoms with Crippen molar-refractivity contribution in [3.63, 3.8) is 0 Å². The number of nitrogens with one attached hydrogen (secondary N) is 3. The molecular weight excluding hydrogens is 456 g/mol. The lowest BCUT2D eigenvalue weighted by molar-refractivity contribution is -0.113. The van der Waals surface area contributed by atoms with Gasteiger partial charge >= 0.3 is 6.03 Å². The first-order valence-corrected chi connectivity index (χ1v) is 11.9. The number of aryl methyl sites for hydroxylation is 1. The van der Waals surface area contributed by atoms with Gasteiger partial charge in [-0.05, 0) is 55.0 Å². The van der Waals surface area contributed by atoms with Crippen LogP contribution in [-0.2, 0) is 4.79 Å². The van der Waals surface area contributed by atoms with Crippen molar-refractivity contribution in [1.82, 2.24) is 4.98 Å². The highest BCUT2D eigenvalue weighted by Gasteiger charge is 2.10. The molecule has 0 aliphatic carbocycles. The number of carbonyl (C=O) groups is 2. The van der Waals surface area contributed by atoms with Crippen LogP contribution in [0.25, 0.3) is 10.2 Å². The van der Waals surface area contributed by atoms with Crippen molar-refractivity contribution < 1.29 is 14.3 Å². The molecule has 3 amide bonds. The fourth-order valence-corrected chi connectivity index (χ4v) is 4.99. The van der Waals surface area contributed by atoms with Crippen molar-refractivity contribution in [1.29, 1.82) is 0 Å². The molecule has 0 fully saturated rings.